The Labute approximate surface area is 106 Å². The number of hydrogen-bond acceptors (Lipinski definition) is 1. The van der Waals surface area contributed by atoms with Gasteiger partial charge in [0.2, 0.25) is 0 Å². The van der Waals surface area contributed by atoms with Crippen molar-refractivity contribution < 1.29 is 13.6 Å². The molecule has 92 valence electrons. The van der Waals surface area contributed by atoms with Crippen LogP contribution in [0.25, 0.3) is 10.9 Å². The van der Waals surface area contributed by atoms with Crippen molar-refractivity contribution in [3.05, 3.63) is 34.0 Å². The van der Waals surface area contributed by atoms with E-state index in [1.807, 2.05) is 0 Å². The summed E-state index contributed by atoms with van der Waals surface area (Å²) in [6, 6.07) is 0.933. The van der Waals surface area contributed by atoms with E-state index in [9.17, 15) is 13.6 Å². The molecule has 3 nitrogen and oxygen atoms in total. The minimum Gasteiger partial charge on any atom is -0.365 e. The van der Waals surface area contributed by atoms with Gasteiger partial charge in [0.25, 0.3) is 5.91 Å². The molecule has 1 aromatic carbocycles. The number of primary amides is 1. The van der Waals surface area contributed by atoms with Gasteiger partial charge in [-0.3, -0.25) is 4.79 Å². The lowest BCUT2D eigenvalue weighted by atomic mass is 10.1. The number of hydrogen-bond donors (Lipinski definition) is 2. The number of H-pyrrole nitrogens is 1. The monoisotopic (exact) mass is 280 g/mol. The molecule has 1 heterocycles. The van der Waals surface area contributed by atoms with E-state index in [-0.39, 0.29) is 28.3 Å². The molecule has 0 spiro atoms. The Morgan fingerprint density at radius 2 is 2.06 bits per heavy atom. The summed E-state index contributed by atoms with van der Waals surface area (Å²) in [6.07, 6.45) is 0. The number of rotatable bonds is 1. The Morgan fingerprint density at radius 3 is 2.59 bits per heavy atom. The first kappa shape index (κ1) is 13.7. The molecule has 0 aliphatic carbocycles. The van der Waals surface area contributed by atoms with Gasteiger partial charge in [-0.05, 0) is 13.0 Å². The molecule has 0 fully saturated rings. The highest BCUT2D eigenvalue weighted by molar-refractivity contribution is 6.36. The molecule has 1 aromatic heterocycles. The van der Waals surface area contributed by atoms with Gasteiger partial charge in [-0.25, -0.2) is 8.78 Å². The van der Waals surface area contributed by atoms with Crippen molar-refractivity contribution in [2.45, 2.75) is 6.92 Å². The molecule has 0 aliphatic rings. The van der Waals surface area contributed by atoms with E-state index in [1.165, 1.54) is 0 Å². The number of fused-ring (bicyclic) bond motifs is 1. The van der Waals surface area contributed by atoms with Crippen LogP contribution in [0.1, 0.15) is 16.1 Å². The second-order valence-corrected chi connectivity index (χ2v) is 3.78. The molecule has 2 aromatic rings. The molecule has 0 unspecified atom stereocenters. The smallest absolute Gasteiger partial charge is 0.253 e. The summed E-state index contributed by atoms with van der Waals surface area (Å²) in [5.41, 5.74) is 5.13. The van der Waals surface area contributed by atoms with Crippen LogP contribution in [0.5, 0.6) is 0 Å². The van der Waals surface area contributed by atoms with Crippen molar-refractivity contribution in [2.24, 2.45) is 5.73 Å². The van der Waals surface area contributed by atoms with Gasteiger partial charge in [0, 0.05) is 11.1 Å². The van der Waals surface area contributed by atoms with Crippen molar-refractivity contribution in [2.75, 3.05) is 0 Å². The van der Waals surface area contributed by atoms with Crippen LogP contribution in [0.3, 0.4) is 0 Å². The van der Waals surface area contributed by atoms with Gasteiger partial charge >= 0.3 is 0 Å². The summed E-state index contributed by atoms with van der Waals surface area (Å²) in [7, 11) is 0. The molecular formula is C10H8Cl2F2N2O. The van der Waals surface area contributed by atoms with Crippen LogP contribution in [0.15, 0.2) is 6.07 Å². The van der Waals surface area contributed by atoms with Crippen molar-refractivity contribution in [3.63, 3.8) is 0 Å². The molecule has 7 heteroatoms. The highest BCUT2D eigenvalue weighted by Crippen LogP contribution is 2.31. The van der Waals surface area contributed by atoms with E-state index in [0.717, 1.165) is 6.07 Å². The van der Waals surface area contributed by atoms with Gasteiger partial charge in [0.15, 0.2) is 11.6 Å². The molecule has 0 aliphatic heterocycles. The van der Waals surface area contributed by atoms with Gasteiger partial charge in [-0.1, -0.05) is 11.6 Å². The summed E-state index contributed by atoms with van der Waals surface area (Å²) in [4.78, 5) is 13.8. The first-order valence-corrected chi connectivity index (χ1v) is 4.77. The van der Waals surface area contributed by atoms with Crippen molar-refractivity contribution in [1.82, 2.24) is 4.98 Å². The zero-order chi connectivity index (χ0) is 12.0. The maximum Gasteiger partial charge on any atom is 0.253 e. The number of nitrogens with two attached hydrogens (primary N) is 1. The molecule has 0 radical (unpaired) electrons. The zero-order valence-electron chi connectivity index (χ0n) is 8.61. The average Bonchev–Trinajstić information content (AvgIpc) is 2.45. The summed E-state index contributed by atoms with van der Waals surface area (Å²) in [6.45, 7) is 1.63. The lowest BCUT2D eigenvalue weighted by molar-refractivity contribution is 0.0997. The average molecular weight is 281 g/mol. The van der Waals surface area contributed by atoms with Crippen molar-refractivity contribution in [3.8, 4) is 0 Å². The number of aryl methyl sites for hydroxylation is 1. The molecular weight excluding hydrogens is 273 g/mol. The van der Waals surface area contributed by atoms with E-state index < -0.39 is 23.1 Å². The molecule has 3 N–H and O–H groups in total. The number of aromatic amines is 1. The molecule has 1 amide bonds. The normalized spacial score (nSPS) is 10.4. The first-order chi connectivity index (χ1) is 7.43. The number of halogens is 4. The largest absolute Gasteiger partial charge is 0.365 e. The first-order valence-electron chi connectivity index (χ1n) is 4.39. The fourth-order valence-corrected chi connectivity index (χ4v) is 1.80. The Hall–Kier alpha value is -1.33. The number of nitrogens with one attached hydrogen (secondary N) is 1. The third-order valence-corrected chi connectivity index (χ3v) is 2.83. The van der Waals surface area contributed by atoms with Crippen LogP contribution in [0, 0.1) is 18.6 Å². The lowest BCUT2D eigenvalue weighted by Crippen LogP contribution is -2.15. The van der Waals surface area contributed by atoms with Crippen LogP contribution in [0.2, 0.25) is 5.02 Å². The second-order valence-electron chi connectivity index (χ2n) is 3.40. The standard InChI is InChI=1S/C10H7ClF2N2O.ClH/c1-3-7(11)4-2-5(12)8(13)6(10(14)16)9(4)15-3;/h2,15H,1H3,(H2,14,16);1H. The minimum absolute atomic E-state index is 0. The van der Waals surface area contributed by atoms with Crippen LogP contribution < -0.4 is 5.73 Å². The van der Waals surface area contributed by atoms with Crippen LogP contribution in [-0.4, -0.2) is 10.9 Å². The SMILES string of the molecule is Cc1[nH]c2c(C(N)=O)c(F)c(F)cc2c1Cl.Cl. The predicted molar refractivity (Wildman–Crippen MR) is 63.7 cm³/mol. The minimum atomic E-state index is -1.27. The van der Waals surface area contributed by atoms with E-state index in [4.69, 9.17) is 17.3 Å². The summed E-state index contributed by atoms with van der Waals surface area (Å²) in [5.74, 6) is -3.46. The lowest BCUT2D eigenvalue weighted by Gasteiger charge is -2.01. The highest BCUT2D eigenvalue weighted by atomic mass is 35.5. The van der Waals surface area contributed by atoms with Gasteiger partial charge in [0.05, 0.1) is 10.5 Å². The van der Waals surface area contributed by atoms with E-state index in [0.29, 0.717) is 5.69 Å². The van der Waals surface area contributed by atoms with Crippen molar-refractivity contribution >= 4 is 40.8 Å². The highest BCUT2D eigenvalue weighted by Gasteiger charge is 2.21. The van der Waals surface area contributed by atoms with Gasteiger partial charge in [-0.2, -0.15) is 0 Å². The van der Waals surface area contributed by atoms with Gasteiger partial charge < -0.3 is 10.7 Å². The fourth-order valence-electron chi connectivity index (χ4n) is 1.60. The van der Waals surface area contributed by atoms with E-state index in [1.54, 1.807) is 6.92 Å². The summed E-state index contributed by atoms with van der Waals surface area (Å²) >= 11 is 5.87. The Morgan fingerprint density at radius 1 is 1.47 bits per heavy atom. The summed E-state index contributed by atoms with van der Waals surface area (Å²) < 4.78 is 26.6. The van der Waals surface area contributed by atoms with Gasteiger partial charge in [0.1, 0.15) is 5.56 Å². The number of carbonyl (C=O) groups is 1. The maximum absolute atomic E-state index is 13.4. The molecule has 0 atom stereocenters. The van der Waals surface area contributed by atoms with Crippen LogP contribution in [-0.2, 0) is 0 Å². The second kappa shape index (κ2) is 4.50. The molecule has 2 rings (SSSR count). The van der Waals surface area contributed by atoms with Crippen LogP contribution >= 0.6 is 24.0 Å². The Kier molecular flexibility index (Phi) is 3.64. The Bertz CT molecular complexity index is 610. The van der Waals surface area contributed by atoms with Gasteiger partial charge in [-0.15, -0.1) is 12.4 Å². The van der Waals surface area contributed by atoms with E-state index in [2.05, 4.69) is 4.98 Å². The fraction of sp³-hybridized carbons (Fsp3) is 0.100. The predicted octanol–water partition coefficient (Wildman–Crippen LogP) is 2.93. The molecule has 0 bridgehead atoms. The van der Waals surface area contributed by atoms with Crippen LogP contribution in [0.4, 0.5) is 8.78 Å². The molecule has 0 saturated carbocycles. The zero-order valence-corrected chi connectivity index (χ0v) is 10.2. The Balaban J connectivity index is 0.00000144. The number of aromatic nitrogens is 1. The molecule has 17 heavy (non-hydrogen) atoms. The number of benzene rings is 1. The number of amides is 1. The quantitative estimate of drug-likeness (QED) is 0.829. The maximum atomic E-state index is 13.4. The topological polar surface area (TPSA) is 58.9 Å². The summed E-state index contributed by atoms with van der Waals surface area (Å²) in [5, 5.41) is 0.489. The third-order valence-electron chi connectivity index (χ3n) is 2.34. The molecule has 0 saturated heterocycles. The van der Waals surface area contributed by atoms with E-state index >= 15 is 0 Å². The third kappa shape index (κ3) is 1.96. The van der Waals surface area contributed by atoms with Crippen molar-refractivity contribution in [1.29, 1.82) is 0 Å². The number of carbonyl (C=O) groups excluding carboxylic acids is 1.